The van der Waals surface area contributed by atoms with E-state index >= 15 is 0 Å². The van der Waals surface area contributed by atoms with Crippen molar-refractivity contribution < 1.29 is 9.59 Å². The number of carbonyl (C=O) groups excluding carboxylic acids is 2. The number of nitrogens with one attached hydrogen (secondary N) is 1. The summed E-state index contributed by atoms with van der Waals surface area (Å²) in [5.74, 6) is 5.10. The Morgan fingerprint density at radius 2 is 2.33 bits per heavy atom. The summed E-state index contributed by atoms with van der Waals surface area (Å²) in [7, 11) is 0. The van der Waals surface area contributed by atoms with Crippen molar-refractivity contribution in [2.45, 2.75) is 25.3 Å². The average molecular weight is 241 g/mol. The van der Waals surface area contributed by atoms with E-state index in [4.69, 9.17) is 0 Å². The number of imide groups is 1. The molecule has 0 aromatic carbocycles. The van der Waals surface area contributed by atoms with Crippen LogP contribution in [0.3, 0.4) is 0 Å². The van der Waals surface area contributed by atoms with Crippen molar-refractivity contribution in [3.63, 3.8) is 0 Å². The Morgan fingerprint density at radius 1 is 1.44 bits per heavy atom. The number of carbonyl (C=O) groups is 2. The molecule has 1 aromatic heterocycles. The molecule has 0 bridgehead atoms. The maximum atomic E-state index is 11.9. The minimum atomic E-state index is -0.297. The smallest absolute Gasteiger partial charge is 0.234 e. The second-order valence-corrected chi connectivity index (χ2v) is 4.30. The highest BCUT2D eigenvalue weighted by Crippen LogP contribution is 2.28. The lowest BCUT2D eigenvalue weighted by Gasteiger charge is -2.20. The van der Waals surface area contributed by atoms with Gasteiger partial charge >= 0.3 is 0 Å². The molecular formula is C13H11N3O2. The lowest BCUT2D eigenvalue weighted by molar-refractivity contribution is -0.134. The molecular weight excluding hydrogens is 230 g/mol. The number of piperidine rings is 1. The number of hydrogen-bond donors (Lipinski definition) is 1. The van der Waals surface area contributed by atoms with E-state index in [0.29, 0.717) is 19.4 Å². The highest BCUT2D eigenvalue weighted by Gasteiger charge is 2.30. The van der Waals surface area contributed by atoms with Gasteiger partial charge in [0, 0.05) is 12.0 Å². The molecule has 1 N–H and O–H groups in total. The largest absolute Gasteiger partial charge is 0.296 e. The van der Waals surface area contributed by atoms with Crippen LogP contribution in [0.5, 0.6) is 0 Å². The predicted molar refractivity (Wildman–Crippen MR) is 64.2 cm³/mol. The first-order valence-electron chi connectivity index (χ1n) is 5.80. The number of allylic oxidation sites excluding steroid dienone is 1. The topological polar surface area (TPSA) is 64.0 Å². The van der Waals surface area contributed by atoms with Gasteiger partial charge in [0.1, 0.15) is 6.54 Å². The van der Waals surface area contributed by atoms with Crippen LogP contribution in [0.2, 0.25) is 0 Å². The number of amides is 2. The molecule has 1 atom stereocenters. The van der Waals surface area contributed by atoms with Crippen molar-refractivity contribution in [1.82, 2.24) is 15.1 Å². The Hall–Kier alpha value is -2.35. The van der Waals surface area contributed by atoms with Crippen molar-refractivity contribution in [2.24, 2.45) is 0 Å². The quantitative estimate of drug-likeness (QED) is 0.573. The third-order valence-electron chi connectivity index (χ3n) is 3.18. The molecule has 18 heavy (non-hydrogen) atoms. The summed E-state index contributed by atoms with van der Waals surface area (Å²) in [6.07, 6.45) is 6.24. The van der Waals surface area contributed by atoms with E-state index < -0.39 is 0 Å². The monoisotopic (exact) mass is 241 g/mol. The summed E-state index contributed by atoms with van der Waals surface area (Å²) in [6.45, 7) is 0.523. The van der Waals surface area contributed by atoms with E-state index in [1.807, 2.05) is 6.08 Å². The zero-order valence-corrected chi connectivity index (χ0v) is 9.64. The average Bonchev–Trinajstić information content (AvgIpc) is 2.59. The van der Waals surface area contributed by atoms with E-state index in [1.54, 1.807) is 17.0 Å². The number of hydrogen-bond acceptors (Lipinski definition) is 3. The first-order valence-corrected chi connectivity index (χ1v) is 5.80. The number of aromatic nitrogens is 2. The summed E-state index contributed by atoms with van der Waals surface area (Å²) >= 11 is 0. The van der Waals surface area contributed by atoms with Crippen molar-refractivity contribution in [3.05, 3.63) is 23.5 Å². The molecule has 3 rings (SSSR count). The molecule has 2 amide bonds. The second kappa shape index (κ2) is 4.15. The first kappa shape index (κ1) is 10.8. The van der Waals surface area contributed by atoms with Gasteiger partial charge in [0.05, 0.1) is 17.8 Å². The van der Waals surface area contributed by atoms with Gasteiger partial charge in [0.15, 0.2) is 0 Å². The van der Waals surface area contributed by atoms with E-state index in [-0.39, 0.29) is 17.7 Å². The van der Waals surface area contributed by atoms with Crippen LogP contribution in [-0.4, -0.2) is 21.6 Å². The summed E-state index contributed by atoms with van der Waals surface area (Å²) in [6, 6.07) is 0. The zero-order chi connectivity index (χ0) is 12.5. The fourth-order valence-corrected chi connectivity index (χ4v) is 2.28. The zero-order valence-electron chi connectivity index (χ0n) is 9.64. The summed E-state index contributed by atoms with van der Waals surface area (Å²) in [5, 5.41) is 6.61. The summed E-state index contributed by atoms with van der Waals surface area (Å²) < 4.78 is 1.77. The van der Waals surface area contributed by atoms with Crippen LogP contribution in [0.25, 0.3) is 6.08 Å². The van der Waals surface area contributed by atoms with E-state index in [2.05, 4.69) is 22.3 Å². The molecule has 5 nitrogen and oxygen atoms in total. The van der Waals surface area contributed by atoms with E-state index in [0.717, 1.165) is 11.3 Å². The normalized spacial score (nSPS) is 21.7. The molecule has 0 radical (unpaired) electrons. The van der Waals surface area contributed by atoms with E-state index in [1.165, 1.54) is 0 Å². The predicted octanol–water partition coefficient (Wildman–Crippen LogP) is 0.434. The Morgan fingerprint density at radius 3 is 3.17 bits per heavy atom. The van der Waals surface area contributed by atoms with Crippen LogP contribution in [0.4, 0.5) is 0 Å². The van der Waals surface area contributed by atoms with Crippen molar-refractivity contribution >= 4 is 17.9 Å². The van der Waals surface area contributed by atoms with Gasteiger partial charge in [-0.1, -0.05) is 11.8 Å². The van der Waals surface area contributed by atoms with Crippen LogP contribution >= 0.6 is 0 Å². The minimum absolute atomic E-state index is 0.201. The second-order valence-electron chi connectivity index (χ2n) is 4.30. The van der Waals surface area contributed by atoms with E-state index in [9.17, 15) is 9.59 Å². The Bertz CT molecular complexity index is 616. The van der Waals surface area contributed by atoms with Crippen LogP contribution in [0.15, 0.2) is 12.3 Å². The van der Waals surface area contributed by atoms with Gasteiger partial charge in [0.2, 0.25) is 11.8 Å². The van der Waals surface area contributed by atoms with Crippen molar-refractivity contribution in [2.75, 3.05) is 0 Å². The Labute approximate surface area is 104 Å². The van der Waals surface area contributed by atoms with Gasteiger partial charge in [-0.05, 0) is 18.6 Å². The minimum Gasteiger partial charge on any atom is -0.296 e. The van der Waals surface area contributed by atoms with Gasteiger partial charge in [-0.2, -0.15) is 5.10 Å². The maximum Gasteiger partial charge on any atom is 0.234 e. The lowest BCUT2D eigenvalue weighted by atomic mass is 9.90. The standard InChI is InChI=1S/C13H11N3O2/c17-12-6-5-9(13(18)15-12)10-8-14-16-7-3-1-2-4-11(10)16/h2,4,8-9H,5-7H2,(H,15,17,18). The molecule has 90 valence electrons. The summed E-state index contributed by atoms with van der Waals surface area (Å²) in [5.41, 5.74) is 1.75. The van der Waals surface area contributed by atoms with Crippen molar-refractivity contribution in [1.29, 1.82) is 0 Å². The molecule has 0 spiro atoms. The molecule has 1 unspecified atom stereocenters. The molecule has 0 saturated carbocycles. The van der Waals surface area contributed by atoms with Crippen LogP contribution < -0.4 is 5.32 Å². The molecule has 2 aliphatic rings. The molecule has 5 heteroatoms. The SMILES string of the molecule is O=C1CCC(c2cnn3c2C=CC#CC3)C(=O)N1. The highest BCUT2D eigenvalue weighted by molar-refractivity contribution is 6.01. The molecule has 0 aliphatic carbocycles. The van der Waals surface area contributed by atoms with Gasteiger partial charge < -0.3 is 0 Å². The molecule has 1 saturated heterocycles. The Kier molecular flexibility index (Phi) is 2.49. The third kappa shape index (κ3) is 1.72. The third-order valence-corrected chi connectivity index (χ3v) is 3.18. The molecule has 3 heterocycles. The molecule has 1 aromatic rings. The lowest BCUT2D eigenvalue weighted by Crippen LogP contribution is -2.39. The molecule has 2 aliphatic heterocycles. The first-order chi connectivity index (χ1) is 8.75. The van der Waals surface area contributed by atoms with Crippen molar-refractivity contribution in [3.8, 4) is 11.8 Å². The number of fused-ring (bicyclic) bond motifs is 1. The fourth-order valence-electron chi connectivity index (χ4n) is 2.28. The van der Waals surface area contributed by atoms with Gasteiger partial charge in [0.25, 0.3) is 0 Å². The van der Waals surface area contributed by atoms with Crippen LogP contribution in [0.1, 0.15) is 30.0 Å². The van der Waals surface area contributed by atoms with Gasteiger partial charge in [-0.15, -0.1) is 0 Å². The van der Waals surface area contributed by atoms with Crippen LogP contribution in [-0.2, 0) is 16.1 Å². The number of nitrogens with zero attached hydrogens (tertiary/aromatic N) is 2. The van der Waals surface area contributed by atoms with Gasteiger partial charge in [-0.25, -0.2) is 0 Å². The Balaban J connectivity index is 1.96. The summed E-state index contributed by atoms with van der Waals surface area (Å²) in [4.78, 5) is 23.0. The van der Waals surface area contributed by atoms with Crippen LogP contribution in [0, 0.1) is 11.8 Å². The van der Waals surface area contributed by atoms with Gasteiger partial charge in [-0.3, -0.25) is 19.6 Å². The highest BCUT2D eigenvalue weighted by atomic mass is 16.2. The maximum absolute atomic E-state index is 11.9. The molecule has 1 fully saturated rings. The number of rotatable bonds is 1. The fraction of sp³-hybridized carbons (Fsp3) is 0.308.